The van der Waals surface area contributed by atoms with E-state index in [-0.39, 0.29) is 5.75 Å². The zero-order valence-electron chi connectivity index (χ0n) is 8.95. The SMILES string of the molecule is COc1ccc(-c2sc(C)nc2N)cc1F. The second kappa shape index (κ2) is 4.09. The van der Waals surface area contributed by atoms with E-state index in [1.807, 2.05) is 6.92 Å². The third-order valence-electron chi connectivity index (χ3n) is 2.17. The van der Waals surface area contributed by atoms with Gasteiger partial charge in [-0.1, -0.05) is 0 Å². The van der Waals surface area contributed by atoms with Crippen LogP contribution in [0.2, 0.25) is 0 Å². The molecule has 0 aliphatic heterocycles. The minimum Gasteiger partial charge on any atom is -0.494 e. The number of methoxy groups -OCH3 is 1. The molecule has 3 nitrogen and oxygen atoms in total. The average Bonchev–Trinajstić information content (AvgIpc) is 2.58. The molecule has 0 unspecified atom stereocenters. The summed E-state index contributed by atoms with van der Waals surface area (Å²) < 4.78 is 18.3. The van der Waals surface area contributed by atoms with Gasteiger partial charge in [0.1, 0.15) is 5.82 Å². The van der Waals surface area contributed by atoms with Crippen LogP contribution in [0.25, 0.3) is 10.4 Å². The van der Waals surface area contributed by atoms with Gasteiger partial charge in [0.15, 0.2) is 11.6 Å². The summed E-state index contributed by atoms with van der Waals surface area (Å²) in [5.41, 5.74) is 6.46. The molecule has 16 heavy (non-hydrogen) atoms. The number of hydrogen-bond donors (Lipinski definition) is 1. The van der Waals surface area contributed by atoms with Crippen LogP contribution in [-0.4, -0.2) is 12.1 Å². The molecule has 2 rings (SSSR count). The first-order chi connectivity index (χ1) is 7.61. The molecule has 0 amide bonds. The first-order valence-electron chi connectivity index (χ1n) is 4.68. The highest BCUT2D eigenvalue weighted by molar-refractivity contribution is 7.15. The summed E-state index contributed by atoms with van der Waals surface area (Å²) in [4.78, 5) is 4.89. The van der Waals surface area contributed by atoms with Crippen molar-refractivity contribution in [2.24, 2.45) is 0 Å². The molecule has 0 spiro atoms. The number of ether oxygens (including phenoxy) is 1. The lowest BCUT2D eigenvalue weighted by atomic mass is 10.2. The predicted octanol–water partition coefficient (Wildman–Crippen LogP) is 2.85. The van der Waals surface area contributed by atoms with Crippen LogP contribution >= 0.6 is 11.3 Å². The molecule has 0 atom stereocenters. The maximum atomic E-state index is 13.5. The third kappa shape index (κ3) is 1.86. The molecular formula is C11H11FN2OS. The van der Waals surface area contributed by atoms with Crippen molar-refractivity contribution < 1.29 is 9.13 Å². The monoisotopic (exact) mass is 238 g/mol. The van der Waals surface area contributed by atoms with Crippen LogP contribution in [0.15, 0.2) is 18.2 Å². The number of aryl methyl sites for hydroxylation is 1. The van der Waals surface area contributed by atoms with E-state index in [0.29, 0.717) is 5.82 Å². The van der Waals surface area contributed by atoms with E-state index in [0.717, 1.165) is 15.4 Å². The van der Waals surface area contributed by atoms with Gasteiger partial charge >= 0.3 is 0 Å². The lowest BCUT2D eigenvalue weighted by molar-refractivity contribution is 0.386. The fraction of sp³-hybridized carbons (Fsp3) is 0.182. The summed E-state index contributed by atoms with van der Waals surface area (Å²) in [5, 5.41) is 0.865. The topological polar surface area (TPSA) is 48.1 Å². The Morgan fingerprint density at radius 3 is 2.69 bits per heavy atom. The van der Waals surface area contributed by atoms with Crippen LogP contribution in [0.3, 0.4) is 0 Å². The molecule has 0 fully saturated rings. The molecule has 2 N–H and O–H groups in total. The number of nitrogens with two attached hydrogens (primary N) is 1. The maximum Gasteiger partial charge on any atom is 0.165 e. The van der Waals surface area contributed by atoms with E-state index in [1.54, 1.807) is 12.1 Å². The summed E-state index contributed by atoms with van der Waals surface area (Å²) in [5.74, 6) is 0.265. The highest BCUT2D eigenvalue weighted by Gasteiger charge is 2.11. The number of nitrogen functional groups attached to an aromatic ring is 1. The van der Waals surface area contributed by atoms with Gasteiger partial charge in [0.05, 0.1) is 17.0 Å². The summed E-state index contributed by atoms with van der Waals surface area (Å²) in [6.45, 7) is 1.87. The van der Waals surface area contributed by atoms with Crippen LogP contribution in [-0.2, 0) is 0 Å². The highest BCUT2D eigenvalue weighted by atomic mass is 32.1. The normalized spacial score (nSPS) is 10.4. The molecule has 1 aromatic heterocycles. The Morgan fingerprint density at radius 1 is 1.44 bits per heavy atom. The van der Waals surface area contributed by atoms with Crippen molar-refractivity contribution in [1.29, 1.82) is 0 Å². The second-order valence-electron chi connectivity index (χ2n) is 3.30. The van der Waals surface area contributed by atoms with E-state index in [9.17, 15) is 4.39 Å². The lowest BCUT2D eigenvalue weighted by Gasteiger charge is -2.03. The van der Waals surface area contributed by atoms with Crippen LogP contribution in [0, 0.1) is 12.7 Å². The number of halogens is 1. The molecule has 0 saturated carbocycles. The van der Waals surface area contributed by atoms with Gasteiger partial charge in [-0.05, 0) is 30.7 Å². The Kier molecular flexibility index (Phi) is 2.78. The molecule has 0 aliphatic rings. The molecule has 0 saturated heterocycles. The van der Waals surface area contributed by atoms with Gasteiger partial charge in [-0.25, -0.2) is 9.37 Å². The maximum absolute atomic E-state index is 13.5. The Hall–Kier alpha value is -1.62. The number of anilines is 1. The van der Waals surface area contributed by atoms with Crippen LogP contribution in [0.1, 0.15) is 5.01 Å². The Bertz CT molecular complexity index is 525. The fourth-order valence-corrected chi connectivity index (χ4v) is 2.29. The first kappa shape index (κ1) is 10.9. The number of benzene rings is 1. The van der Waals surface area contributed by atoms with Gasteiger partial charge in [-0.15, -0.1) is 11.3 Å². The third-order valence-corrected chi connectivity index (χ3v) is 3.21. The summed E-state index contributed by atoms with van der Waals surface area (Å²) in [7, 11) is 1.43. The lowest BCUT2D eigenvalue weighted by Crippen LogP contribution is -1.90. The Labute approximate surface area is 96.7 Å². The summed E-state index contributed by atoms with van der Waals surface area (Å²) in [6, 6.07) is 4.76. The number of thiazole rings is 1. The smallest absolute Gasteiger partial charge is 0.165 e. The number of rotatable bonds is 2. The number of hydrogen-bond acceptors (Lipinski definition) is 4. The van der Waals surface area contributed by atoms with E-state index in [4.69, 9.17) is 10.5 Å². The molecule has 5 heteroatoms. The molecule has 0 aliphatic carbocycles. The van der Waals surface area contributed by atoms with E-state index in [1.165, 1.54) is 24.5 Å². The molecule has 1 aromatic carbocycles. The standard InChI is InChI=1S/C11H11FN2OS/c1-6-14-11(13)10(16-6)7-3-4-9(15-2)8(12)5-7/h3-5H,13H2,1-2H3. The van der Waals surface area contributed by atoms with Crippen molar-refractivity contribution in [3.63, 3.8) is 0 Å². The predicted molar refractivity (Wildman–Crippen MR) is 63.2 cm³/mol. The molecule has 0 radical (unpaired) electrons. The van der Waals surface area contributed by atoms with Crippen molar-refractivity contribution in [3.05, 3.63) is 29.0 Å². The summed E-state index contributed by atoms with van der Waals surface area (Å²) >= 11 is 1.45. The first-order valence-corrected chi connectivity index (χ1v) is 5.50. The zero-order valence-corrected chi connectivity index (χ0v) is 9.77. The quantitative estimate of drug-likeness (QED) is 0.875. The highest BCUT2D eigenvalue weighted by Crippen LogP contribution is 2.33. The Morgan fingerprint density at radius 2 is 2.19 bits per heavy atom. The van der Waals surface area contributed by atoms with Gasteiger partial charge < -0.3 is 10.5 Å². The van der Waals surface area contributed by atoms with Crippen molar-refractivity contribution >= 4 is 17.2 Å². The van der Waals surface area contributed by atoms with Gasteiger partial charge in [0.2, 0.25) is 0 Å². The van der Waals surface area contributed by atoms with Gasteiger partial charge in [-0.2, -0.15) is 0 Å². The van der Waals surface area contributed by atoms with Gasteiger partial charge in [0.25, 0.3) is 0 Å². The van der Waals surface area contributed by atoms with Crippen molar-refractivity contribution in [3.8, 4) is 16.2 Å². The molecule has 1 heterocycles. The minimum absolute atomic E-state index is 0.226. The van der Waals surface area contributed by atoms with Gasteiger partial charge in [0, 0.05) is 0 Å². The van der Waals surface area contributed by atoms with Crippen LogP contribution in [0.4, 0.5) is 10.2 Å². The minimum atomic E-state index is -0.398. The molecule has 84 valence electrons. The molecule has 0 bridgehead atoms. The fourth-order valence-electron chi connectivity index (χ4n) is 1.46. The number of aromatic nitrogens is 1. The average molecular weight is 238 g/mol. The van der Waals surface area contributed by atoms with Gasteiger partial charge in [-0.3, -0.25) is 0 Å². The van der Waals surface area contributed by atoms with Crippen molar-refractivity contribution in [1.82, 2.24) is 4.98 Å². The van der Waals surface area contributed by atoms with Crippen molar-refractivity contribution in [2.45, 2.75) is 6.92 Å². The Balaban J connectivity index is 2.49. The van der Waals surface area contributed by atoms with Crippen LogP contribution < -0.4 is 10.5 Å². The van der Waals surface area contributed by atoms with E-state index >= 15 is 0 Å². The largest absolute Gasteiger partial charge is 0.494 e. The molecular weight excluding hydrogens is 227 g/mol. The summed E-state index contributed by atoms with van der Waals surface area (Å²) in [6.07, 6.45) is 0. The van der Waals surface area contributed by atoms with Crippen molar-refractivity contribution in [2.75, 3.05) is 12.8 Å². The van der Waals surface area contributed by atoms with Crippen LogP contribution in [0.5, 0.6) is 5.75 Å². The number of nitrogens with zero attached hydrogens (tertiary/aromatic N) is 1. The molecule has 2 aromatic rings. The van der Waals surface area contributed by atoms with E-state index < -0.39 is 5.82 Å². The second-order valence-corrected chi connectivity index (χ2v) is 4.50. The van der Waals surface area contributed by atoms with E-state index in [2.05, 4.69) is 4.98 Å². The zero-order chi connectivity index (χ0) is 11.7.